The number of carbonyl (C=O) groups excluding carboxylic acids is 1. The number of amides is 1. The molecule has 1 unspecified atom stereocenters. The average Bonchev–Trinajstić information content (AvgIpc) is 3.53. The lowest BCUT2D eigenvalue weighted by molar-refractivity contribution is -0.0623. The van der Waals surface area contributed by atoms with Crippen molar-refractivity contribution in [2.24, 2.45) is 0 Å². The highest BCUT2D eigenvalue weighted by Crippen LogP contribution is 2.46. The number of thiazole rings is 2. The number of halogens is 1. The third kappa shape index (κ3) is 4.97. The van der Waals surface area contributed by atoms with E-state index >= 15 is 0 Å². The minimum Gasteiger partial charge on any atom is -0.350 e. The number of fused-ring (bicyclic) bond motifs is 2. The van der Waals surface area contributed by atoms with Gasteiger partial charge in [-0.1, -0.05) is 6.92 Å². The highest BCUT2D eigenvalue weighted by molar-refractivity contribution is 7.90. The summed E-state index contributed by atoms with van der Waals surface area (Å²) in [5.41, 5.74) is 1.84. The fourth-order valence-corrected chi connectivity index (χ4v) is 7.95. The first kappa shape index (κ1) is 27.7. The van der Waals surface area contributed by atoms with Crippen LogP contribution in [0.25, 0.3) is 10.6 Å². The lowest BCUT2D eigenvalue weighted by Gasteiger charge is -2.64. The normalized spacial score (nSPS) is 20.2. The molecule has 1 amide bonds. The van der Waals surface area contributed by atoms with E-state index in [0.29, 0.717) is 36.0 Å². The number of anilines is 3. The number of pyridine rings is 2. The van der Waals surface area contributed by atoms with Crippen LogP contribution in [-0.4, -0.2) is 70.1 Å². The number of nitrogens with one attached hydrogen (secondary N) is 1. The molecule has 3 fully saturated rings. The summed E-state index contributed by atoms with van der Waals surface area (Å²) in [7, 11) is -3.56. The van der Waals surface area contributed by atoms with Gasteiger partial charge in [0.05, 0.1) is 43.3 Å². The van der Waals surface area contributed by atoms with Gasteiger partial charge in [-0.05, 0) is 44.9 Å². The fourth-order valence-electron chi connectivity index (χ4n) is 5.73. The zero-order chi connectivity index (χ0) is 29.1. The zero-order valence-electron chi connectivity index (χ0n) is 22.9. The smallest absolute Gasteiger partial charge is 0.256 e. The summed E-state index contributed by atoms with van der Waals surface area (Å²) in [4.78, 5) is 35.9. The van der Waals surface area contributed by atoms with Gasteiger partial charge < -0.3 is 15.1 Å². The van der Waals surface area contributed by atoms with Gasteiger partial charge in [-0.2, -0.15) is 0 Å². The van der Waals surface area contributed by atoms with Gasteiger partial charge in [-0.25, -0.2) is 32.7 Å². The van der Waals surface area contributed by atoms with Crippen LogP contribution in [0.1, 0.15) is 40.8 Å². The Morgan fingerprint density at radius 3 is 2.66 bits per heavy atom. The molecule has 4 aromatic rings. The zero-order valence-corrected chi connectivity index (χ0v) is 25.3. The van der Waals surface area contributed by atoms with E-state index in [1.165, 1.54) is 17.5 Å². The van der Waals surface area contributed by atoms with Crippen molar-refractivity contribution in [3.05, 3.63) is 58.1 Å². The van der Waals surface area contributed by atoms with Gasteiger partial charge in [-0.3, -0.25) is 4.79 Å². The Morgan fingerprint density at radius 1 is 1.22 bits per heavy atom. The molecule has 0 saturated carbocycles. The second kappa shape index (κ2) is 10.1. The van der Waals surface area contributed by atoms with Crippen LogP contribution in [0, 0.1) is 19.7 Å². The van der Waals surface area contributed by atoms with Crippen molar-refractivity contribution in [1.29, 1.82) is 0 Å². The fraction of sp³-hybridized carbons (Fsp3) is 0.370. The van der Waals surface area contributed by atoms with E-state index in [0.717, 1.165) is 40.0 Å². The van der Waals surface area contributed by atoms with Gasteiger partial charge in [0, 0.05) is 37.1 Å². The van der Waals surface area contributed by atoms with E-state index in [1.807, 2.05) is 36.0 Å². The van der Waals surface area contributed by atoms with Crippen molar-refractivity contribution in [2.45, 2.75) is 50.1 Å². The molecule has 3 aliphatic rings. The highest BCUT2D eigenvalue weighted by Gasteiger charge is 2.58. The van der Waals surface area contributed by atoms with Crippen LogP contribution in [0.3, 0.4) is 0 Å². The van der Waals surface area contributed by atoms with Crippen LogP contribution < -0.4 is 10.2 Å². The summed E-state index contributed by atoms with van der Waals surface area (Å²) < 4.78 is 38.5. The maximum atomic E-state index is 14.9. The number of aromatic nitrogens is 4. The van der Waals surface area contributed by atoms with Crippen LogP contribution in [0.4, 0.5) is 21.2 Å². The summed E-state index contributed by atoms with van der Waals surface area (Å²) in [6.07, 6.45) is 5.27. The second-order valence-corrected chi connectivity index (χ2v) is 14.6. The maximum absolute atomic E-state index is 14.9. The van der Waals surface area contributed by atoms with Crippen molar-refractivity contribution in [3.63, 3.8) is 0 Å². The van der Waals surface area contributed by atoms with Gasteiger partial charge in [0.25, 0.3) is 5.91 Å². The maximum Gasteiger partial charge on any atom is 0.256 e. The summed E-state index contributed by atoms with van der Waals surface area (Å²) in [6.45, 7) is 6.78. The van der Waals surface area contributed by atoms with Gasteiger partial charge in [0.1, 0.15) is 5.82 Å². The number of rotatable bonds is 7. The third-order valence-electron chi connectivity index (χ3n) is 7.70. The van der Waals surface area contributed by atoms with Gasteiger partial charge in [-0.15, -0.1) is 22.7 Å². The summed E-state index contributed by atoms with van der Waals surface area (Å²) in [5, 5.41) is 6.89. The Bertz CT molecular complexity index is 1760. The standard InChI is InChI=1S/C27H28FN7O3S3/c1-5-27-9-18(12-34(14-27)24-20(28)8-19(11-30-24)41(4,37)38)35(27)25(36)17-6-7-22(29-10-17)33-26-32-21(13-39-26)23-15(2)31-16(3)40-23/h6-8,10-11,13,18H,5,9,12,14H2,1-4H3,(H,29,32,33)/t18?,27-/m1/s1. The Hall–Kier alpha value is -3.49. The molecule has 3 saturated heterocycles. The molecule has 0 radical (unpaired) electrons. The molecule has 1 N–H and O–H groups in total. The van der Waals surface area contributed by atoms with Crippen molar-refractivity contribution in [2.75, 3.05) is 29.6 Å². The monoisotopic (exact) mass is 613 g/mol. The Kier molecular flexibility index (Phi) is 6.82. The number of hydrogen-bond donors (Lipinski definition) is 1. The van der Waals surface area contributed by atoms with Crippen molar-refractivity contribution < 1.29 is 17.6 Å². The van der Waals surface area contributed by atoms with Gasteiger partial charge in [0.2, 0.25) is 0 Å². The molecule has 10 nitrogen and oxygen atoms in total. The van der Waals surface area contributed by atoms with Crippen molar-refractivity contribution in [1.82, 2.24) is 24.8 Å². The molecule has 7 rings (SSSR count). The summed E-state index contributed by atoms with van der Waals surface area (Å²) in [5.74, 6) is -0.112. The van der Waals surface area contributed by atoms with Crippen LogP contribution in [-0.2, 0) is 9.84 Å². The van der Waals surface area contributed by atoms with Gasteiger partial charge >= 0.3 is 0 Å². The first-order valence-electron chi connectivity index (χ1n) is 13.0. The van der Waals surface area contributed by atoms with Crippen LogP contribution in [0.5, 0.6) is 0 Å². The van der Waals surface area contributed by atoms with Crippen LogP contribution >= 0.6 is 22.7 Å². The van der Waals surface area contributed by atoms with Crippen molar-refractivity contribution >= 4 is 55.2 Å². The quantitative estimate of drug-likeness (QED) is 0.312. The SMILES string of the molecule is CC[C@@]12CC(CN(c3ncc(S(C)(=O)=O)cc3F)C1)N2C(=O)c1ccc(Nc2nc(-c3sc(C)nc3C)cs2)nc1. The topological polar surface area (TPSA) is 121 Å². The molecule has 14 heteroatoms. The molecule has 3 aliphatic heterocycles. The lowest BCUT2D eigenvalue weighted by Crippen LogP contribution is -2.78. The molecule has 0 aliphatic carbocycles. The first-order valence-corrected chi connectivity index (χ1v) is 16.6. The lowest BCUT2D eigenvalue weighted by atomic mass is 9.72. The summed E-state index contributed by atoms with van der Waals surface area (Å²) >= 11 is 3.09. The minimum atomic E-state index is -3.56. The summed E-state index contributed by atoms with van der Waals surface area (Å²) in [6, 6.07) is 4.41. The van der Waals surface area contributed by atoms with E-state index in [4.69, 9.17) is 0 Å². The van der Waals surface area contributed by atoms with E-state index < -0.39 is 21.2 Å². The molecule has 41 heavy (non-hydrogen) atoms. The highest BCUT2D eigenvalue weighted by atomic mass is 32.2. The van der Waals surface area contributed by atoms with E-state index in [9.17, 15) is 17.6 Å². The van der Waals surface area contributed by atoms with E-state index in [1.54, 1.807) is 29.7 Å². The molecule has 2 bridgehead atoms. The third-order valence-corrected chi connectivity index (χ3v) is 10.6. The van der Waals surface area contributed by atoms with Gasteiger partial charge in [0.15, 0.2) is 26.6 Å². The second-order valence-electron chi connectivity index (χ2n) is 10.5. The minimum absolute atomic E-state index is 0.107. The van der Waals surface area contributed by atoms with E-state index in [-0.39, 0.29) is 22.7 Å². The number of hydrogen-bond acceptors (Lipinski definition) is 11. The molecule has 0 aromatic carbocycles. The molecule has 4 aromatic heterocycles. The molecular weight excluding hydrogens is 586 g/mol. The number of sulfone groups is 1. The number of piperidine rings is 1. The van der Waals surface area contributed by atoms with Crippen LogP contribution in [0.15, 0.2) is 40.9 Å². The molecule has 0 spiro atoms. The molecule has 2 atom stereocenters. The number of nitrogens with zero attached hydrogens (tertiary/aromatic N) is 6. The number of aryl methyl sites for hydroxylation is 2. The van der Waals surface area contributed by atoms with E-state index in [2.05, 4.69) is 25.3 Å². The Balaban J connectivity index is 1.15. The predicted molar refractivity (Wildman–Crippen MR) is 157 cm³/mol. The number of carbonyl (C=O) groups is 1. The molecule has 214 valence electrons. The first-order chi connectivity index (χ1) is 19.5. The molecular formula is C27H28FN7O3S3. The van der Waals surface area contributed by atoms with Crippen LogP contribution in [0.2, 0.25) is 0 Å². The van der Waals surface area contributed by atoms with Crippen molar-refractivity contribution in [3.8, 4) is 10.6 Å². The molecule has 7 heterocycles. The predicted octanol–water partition coefficient (Wildman–Crippen LogP) is 4.84. The largest absolute Gasteiger partial charge is 0.350 e. The number of piperazine rings is 1. The Labute approximate surface area is 245 Å². The Morgan fingerprint density at radius 2 is 2.02 bits per heavy atom. The average molecular weight is 614 g/mol.